The molecule has 154 valence electrons. The van der Waals surface area contributed by atoms with E-state index in [9.17, 15) is 9.59 Å². The minimum absolute atomic E-state index is 0.0315. The summed E-state index contributed by atoms with van der Waals surface area (Å²) in [6.07, 6.45) is 2.24. The van der Waals surface area contributed by atoms with Crippen LogP contribution in [0.2, 0.25) is 0 Å². The van der Waals surface area contributed by atoms with Crippen LogP contribution in [0.15, 0.2) is 42.5 Å². The summed E-state index contributed by atoms with van der Waals surface area (Å²) in [7, 11) is 0. The van der Waals surface area contributed by atoms with Gasteiger partial charge in [0, 0.05) is 39.3 Å². The van der Waals surface area contributed by atoms with Crippen molar-refractivity contribution in [3.8, 4) is 0 Å². The first-order valence-corrected chi connectivity index (χ1v) is 10.6. The van der Waals surface area contributed by atoms with Gasteiger partial charge >= 0.3 is 6.03 Å². The summed E-state index contributed by atoms with van der Waals surface area (Å²) in [4.78, 5) is 31.1. The number of carbonyl (C=O) groups is 2. The van der Waals surface area contributed by atoms with E-state index in [-0.39, 0.29) is 18.0 Å². The molecule has 1 N–H and O–H groups in total. The lowest BCUT2D eigenvalue weighted by atomic mass is 10.00. The number of likely N-dealkylation sites (tertiary alicyclic amines) is 1. The van der Waals surface area contributed by atoms with Crippen LogP contribution in [0.1, 0.15) is 31.4 Å². The van der Waals surface area contributed by atoms with Crippen LogP contribution in [0.3, 0.4) is 0 Å². The Kier molecular flexibility index (Phi) is 6.00. The summed E-state index contributed by atoms with van der Waals surface area (Å²) < 4.78 is 0. The normalized spacial score (nSPS) is 18.8. The summed E-state index contributed by atoms with van der Waals surface area (Å²) in [6, 6.07) is 14.4. The maximum absolute atomic E-state index is 12.8. The van der Waals surface area contributed by atoms with Crippen LogP contribution < -0.4 is 5.32 Å². The first kappa shape index (κ1) is 19.7. The zero-order valence-corrected chi connectivity index (χ0v) is 17.1. The second-order valence-corrected chi connectivity index (χ2v) is 8.09. The molecule has 0 spiro atoms. The predicted octanol–water partition coefficient (Wildman–Crippen LogP) is 2.85. The molecule has 29 heavy (non-hydrogen) atoms. The third kappa shape index (κ3) is 4.53. The van der Waals surface area contributed by atoms with Gasteiger partial charge in [-0.1, -0.05) is 42.5 Å². The molecule has 2 fully saturated rings. The van der Waals surface area contributed by atoms with Crippen LogP contribution in [0, 0.1) is 0 Å². The van der Waals surface area contributed by atoms with Crippen molar-refractivity contribution in [2.45, 2.75) is 25.8 Å². The molecule has 0 aromatic heterocycles. The van der Waals surface area contributed by atoms with Crippen molar-refractivity contribution in [1.29, 1.82) is 0 Å². The first-order valence-electron chi connectivity index (χ1n) is 10.6. The number of fused-ring (bicyclic) bond motifs is 1. The Labute approximate surface area is 172 Å². The molecule has 6 nitrogen and oxygen atoms in total. The third-order valence-corrected chi connectivity index (χ3v) is 6.11. The van der Waals surface area contributed by atoms with E-state index < -0.39 is 0 Å². The highest BCUT2D eigenvalue weighted by molar-refractivity contribution is 5.86. The van der Waals surface area contributed by atoms with Crippen LogP contribution in [0.25, 0.3) is 10.8 Å². The second-order valence-electron chi connectivity index (χ2n) is 8.09. The average Bonchev–Trinajstić information content (AvgIpc) is 3.29. The summed E-state index contributed by atoms with van der Waals surface area (Å²) in [6.45, 7) is 7.10. The molecule has 2 aromatic carbocycles. The largest absolute Gasteiger partial charge is 0.342 e. The zero-order chi connectivity index (χ0) is 20.2. The van der Waals surface area contributed by atoms with Crippen molar-refractivity contribution in [1.82, 2.24) is 20.0 Å². The van der Waals surface area contributed by atoms with Crippen molar-refractivity contribution in [2.24, 2.45) is 0 Å². The van der Waals surface area contributed by atoms with Crippen molar-refractivity contribution < 1.29 is 9.59 Å². The van der Waals surface area contributed by atoms with Crippen LogP contribution in [0.5, 0.6) is 0 Å². The number of carbonyl (C=O) groups excluding carboxylic acids is 2. The number of nitrogens with one attached hydrogen (secondary N) is 1. The van der Waals surface area contributed by atoms with Crippen molar-refractivity contribution in [2.75, 3.05) is 45.8 Å². The Morgan fingerprint density at radius 3 is 2.34 bits per heavy atom. The predicted molar refractivity (Wildman–Crippen MR) is 115 cm³/mol. The van der Waals surface area contributed by atoms with E-state index in [4.69, 9.17) is 0 Å². The Morgan fingerprint density at radius 1 is 0.897 bits per heavy atom. The van der Waals surface area contributed by atoms with Crippen LogP contribution >= 0.6 is 0 Å². The number of hydrogen-bond donors (Lipinski definition) is 1. The molecule has 1 unspecified atom stereocenters. The fraction of sp³-hybridized carbons (Fsp3) is 0.478. The van der Waals surface area contributed by atoms with Crippen molar-refractivity contribution in [3.63, 3.8) is 0 Å². The molecule has 2 heterocycles. The average molecular weight is 395 g/mol. The van der Waals surface area contributed by atoms with Gasteiger partial charge in [-0.3, -0.25) is 9.69 Å². The molecule has 0 saturated carbocycles. The molecule has 2 saturated heterocycles. The minimum atomic E-state index is -0.0663. The highest BCUT2D eigenvalue weighted by Crippen LogP contribution is 2.24. The summed E-state index contributed by atoms with van der Waals surface area (Å²) in [5.41, 5.74) is 1.13. The van der Waals surface area contributed by atoms with Crippen LogP contribution in [-0.2, 0) is 4.79 Å². The fourth-order valence-corrected chi connectivity index (χ4v) is 4.35. The van der Waals surface area contributed by atoms with E-state index in [1.54, 1.807) is 0 Å². The van der Waals surface area contributed by atoms with E-state index in [1.807, 2.05) is 34.9 Å². The molecule has 1 atom stereocenters. The SMILES string of the molecule is CC(NC(=O)N1CCN(CC(=O)N2CCCC2)CC1)c1cccc2ccccc12. The van der Waals surface area contributed by atoms with Gasteiger partial charge in [0.2, 0.25) is 5.91 Å². The van der Waals surface area contributed by atoms with Gasteiger partial charge in [-0.05, 0) is 36.1 Å². The molecule has 0 radical (unpaired) electrons. The maximum Gasteiger partial charge on any atom is 0.317 e. The lowest BCUT2D eigenvalue weighted by Crippen LogP contribution is -2.53. The number of hydrogen-bond acceptors (Lipinski definition) is 3. The first-order chi connectivity index (χ1) is 14.1. The molecule has 0 bridgehead atoms. The van der Waals surface area contributed by atoms with Gasteiger partial charge in [0.05, 0.1) is 12.6 Å². The molecule has 4 rings (SSSR count). The summed E-state index contributed by atoms with van der Waals surface area (Å²) in [5, 5.41) is 5.51. The highest BCUT2D eigenvalue weighted by atomic mass is 16.2. The molecule has 6 heteroatoms. The molecule has 2 aliphatic heterocycles. The van der Waals surface area contributed by atoms with Gasteiger partial charge in [-0.2, -0.15) is 0 Å². The summed E-state index contributed by atoms with van der Waals surface area (Å²) >= 11 is 0. The van der Waals surface area contributed by atoms with Crippen LogP contribution in [-0.4, -0.2) is 72.5 Å². The topological polar surface area (TPSA) is 55.9 Å². The Morgan fingerprint density at radius 2 is 1.59 bits per heavy atom. The summed E-state index contributed by atoms with van der Waals surface area (Å²) in [5.74, 6) is 0.227. The standard InChI is InChI=1S/C23H30N4O2/c1-18(20-10-6-8-19-7-2-3-9-21(19)20)24-23(29)27-15-13-25(14-16-27)17-22(28)26-11-4-5-12-26/h2-3,6-10,18H,4-5,11-17H2,1H3,(H,24,29). The quantitative estimate of drug-likeness (QED) is 0.868. The van der Waals surface area contributed by atoms with E-state index in [0.29, 0.717) is 19.6 Å². The number of nitrogens with zero attached hydrogens (tertiary/aromatic N) is 3. The fourth-order valence-electron chi connectivity index (χ4n) is 4.35. The van der Waals surface area contributed by atoms with E-state index in [0.717, 1.165) is 44.6 Å². The monoisotopic (exact) mass is 394 g/mol. The Hall–Kier alpha value is -2.60. The molecule has 2 aromatic rings. The maximum atomic E-state index is 12.8. The van der Waals surface area contributed by atoms with Gasteiger partial charge in [0.1, 0.15) is 0 Å². The van der Waals surface area contributed by atoms with Gasteiger partial charge in [0.15, 0.2) is 0 Å². The Balaban J connectivity index is 1.30. The van der Waals surface area contributed by atoms with Crippen LogP contribution in [0.4, 0.5) is 4.79 Å². The number of urea groups is 1. The molecule has 2 aliphatic rings. The molecular weight excluding hydrogens is 364 g/mol. The molecular formula is C23H30N4O2. The lowest BCUT2D eigenvalue weighted by molar-refractivity contribution is -0.131. The molecule has 3 amide bonds. The van der Waals surface area contributed by atoms with Gasteiger partial charge < -0.3 is 15.1 Å². The zero-order valence-electron chi connectivity index (χ0n) is 17.1. The van der Waals surface area contributed by atoms with E-state index >= 15 is 0 Å². The minimum Gasteiger partial charge on any atom is -0.342 e. The van der Waals surface area contributed by atoms with Gasteiger partial charge in [-0.25, -0.2) is 4.79 Å². The number of benzene rings is 2. The number of rotatable bonds is 4. The molecule has 0 aliphatic carbocycles. The van der Waals surface area contributed by atoms with Gasteiger partial charge in [-0.15, -0.1) is 0 Å². The number of piperazine rings is 1. The van der Waals surface area contributed by atoms with Crippen molar-refractivity contribution >= 4 is 22.7 Å². The Bertz CT molecular complexity index is 865. The van der Waals surface area contributed by atoms with E-state index in [2.05, 4.69) is 34.5 Å². The number of amides is 3. The lowest BCUT2D eigenvalue weighted by Gasteiger charge is -2.35. The second kappa shape index (κ2) is 8.82. The smallest absolute Gasteiger partial charge is 0.317 e. The highest BCUT2D eigenvalue weighted by Gasteiger charge is 2.26. The van der Waals surface area contributed by atoms with E-state index in [1.165, 1.54) is 10.8 Å². The van der Waals surface area contributed by atoms with Crippen molar-refractivity contribution in [3.05, 3.63) is 48.0 Å². The van der Waals surface area contributed by atoms with Gasteiger partial charge in [0.25, 0.3) is 0 Å². The third-order valence-electron chi connectivity index (χ3n) is 6.11.